The number of rotatable bonds is 5. The summed E-state index contributed by atoms with van der Waals surface area (Å²) in [5.41, 5.74) is 4.17. The minimum absolute atomic E-state index is 0.109. The van der Waals surface area contributed by atoms with Crippen molar-refractivity contribution in [3.05, 3.63) is 95.6 Å². The van der Waals surface area contributed by atoms with Gasteiger partial charge in [-0.1, -0.05) is 25.5 Å². The molecule has 0 atom stereocenters. The van der Waals surface area contributed by atoms with Crippen LogP contribution in [0.4, 0.5) is 25.1 Å². The Labute approximate surface area is 214 Å². The molecule has 0 spiro atoms. The Morgan fingerprint density at radius 3 is 2.37 bits per heavy atom. The van der Waals surface area contributed by atoms with E-state index < -0.39 is 26.6 Å². The molecule has 0 bridgehead atoms. The molecule has 0 aliphatic rings. The predicted molar refractivity (Wildman–Crippen MR) is 138 cm³/mol. The van der Waals surface area contributed by atoms with E-state index in [1.807, 2.05) is 29.7 Å². The van der Waals surface area contributed by atoms with Gasteiger partial charge in [0.2, 0.25) is 0 Å². The standard InChI is InChI=1S/C26H22F5N5OS/c1-16-9-20(12-21(10-16)38(27,28,29,30)31)26(37)33-22-13-24(18(3)11-17(22)2)35-7-8-36-25(35)14-23(34-36)19-5-4-6-32-15-19/h4-15H,1-3H3,(H,33,37). The summed E-state index contributed by atoms with van der Waals surface area (Å²) < 4.78 is 70.6. The van der Waals surface area contributed by atoms with Crippen molar-refractivity contribution in [3.63, 3.8) is 0 Å². The first-order valence-corrected chi connectivity index (χ1v) is 13.3. The molecular weight excluding hydrogens is 525 g/mol. The third-order valence-electron chi connectivity index (χ3n) is 6.09. The molecule has 12 heteroatoms. The van der Waals surface area contributed by atoms with Crippen molar-refractivity contribution in [3.8, 4) is 16.9 Å². The first-order chi connectivity index (χ1) is 17.6. The highest BCUT2D eigenvalue weighted by Gasteiger charge is 2.65. The fraction of sp³-hybridized carbons (Fsp3) is 0.115. The first-order valence-electron chi connectivity index (χ1n) is 11.3. The summed E-state index contributed by atoms with van der Waals surface area (Å²) in [6.07, 6.45) is 6.92. The van der Waals surface area contributed by atoms with Crippen molar-refractivity contribution < 1.29 is 24.2 Å². The van der Waals surface area contributed by atoms with Crippen molar-refractivity contribution in [2.45, 2.75) is 25.7 Å². The number of imidazole rings is 1. The molecule has 1 amide bonds. The number of carbonyl (C=O) groups excluding carboxylic acids is 1. The number of anilines is 1. The van der Waals surface area contributed by atoms with Crippen LogP contribution in [0.15, 0.2) is 78.2 Å². The molecule has 2 aromatic carbocycles. The van der Waals surface area contributed by atoms with Crippen molar-refractivity contribution in [2.75, 3.05) is 5.32 Å². The van der Waals surface area contributed by atoms with Crippen LogP contribution in [0.2, 0.25) is 0 Å². The topological polar surface area (TPSA) is 64.2 Å². The number of aryl methyl sites for hydroxylation is 3. The lowest BCUT2D eigenvalue weighted by Crippen LogP contribution is -2.15. The zero-order valence-corrected chi connectivity index (χ0v) is 21.2. The highest BCUT2D eigenvalue weighted by atomic mass is 32.5. The third kappa shape index (κ3) is 4.86. The Bertz CT molecular complexity index is 1730. The number of halogens is 5. The molecule has 198 valence electrons. The summed E-state index contributed by atoms with van der Waals surface area (Å²) >= 11 is 0. The van der Waals surface area contributed by atoms with Crippen LogP contribution in [-0.2, 0) is 0 Å². The molecule has 38 heavy (non-hydrogen) atoms. The van der Waals surface area contributed by atoms with E-state index in [9.17, 15) is 24.2 Å². The maximum Gasteiger partial charge on any atom is 0.310 e. The monoisotopic (exact) mass is 547 g/mol. The minimum atomic E-state index is -9.96. The van der Waals surface area contributed by atoms with Gasteiger partial charge in [-0.3, -0.25) is 14.3 Å². The maximum atomic E-state index is 13.4. The van der Waals surface area contributed by atoms with Crippen LogP contribution in [0, 0.1) is 20.8 Å². The van der Waals surface area contributed by atoms with E-state index in [0.29, 0.717) is 28.7 Å². The Hall–Kier alpha value is -4.19. The highest BCUT2D eigenvalue weighted by molar-refractivity contribution is 8.45. The van der Waals surface area contributed by atoms with E-state index in [2.05, 4.69) is 15.4 Å². The second-order valence-electron chi connectivity index (χ2n) is 9.15. The van der Waals surface area contributed by atoms with Gasteiger partial charge >= 0.3 is 10.2 Å². The van der Waals surface area contributed by atoms with E-state index in [0.717, 1.165) is 22.8 Å². The largest absolute Gasteiger partial charge is 0.322 e. The molecule has 0 aliphatic heterocycles. The molecule has 3 aromatic heterocycles. The Balaban J connectivity index is 1.52. The Kier molecular flexibility index (Phi) is 5.30. The molecular formula is C26H22F5N5OS. The summed E-state index contributed by atoms with van der Waals surface area (Å²) in [6.45, 7) is 4.83. The molecule has 5 aromatic rings. The molecule has 0 saturated heterocycles. The molecule has 0 unspecified atom stereocenters. The van der Waals surface area contributed by atoms with Gasteiger partial charge in [0.1, 0.15) is 10.5 Å². The van der Waals surface area contributed by atoms with Gasteiger partial charge in [-0.2, -0.15) is 5.10 Å². The average Bonchev–Trinajstić information content (AvgIpc) is 3.41. The van der Waals surface area contributed by atoms with Crippen LogP contribution in [-0.4, -0.2) is 25.1 Å². The number of hydrogen-bond acceptors (Lipinski definition) is 3. The van der Waals surface area contributed by atoms with Crippen LogP contribution >= 0.6 is 10.2 Å². The lowest BCUT2D eigenvalue weighted by molar-refractivity contribution is 0.102. The number of nitrogens with one attached hydrogen (secondary N) is 1. The van der Waals surface area contributed by atoms with E-state index in [-0.39, 0.29) is 11.6 Å². The molecule has 3 heterocycles. The van der Waals surface area contributed by atoms with E-state index in [4.69, 9.17) is 0 Å². The van der Waals surface area contributed by atoms with Gasteiger partial charge in [-0.05, 0) is 73.9 Å². The second kappa shape index (κ2) is 7.90. The molecule has 0 fully saturated rings. The van der Waals surface area contributed by atoms with Gasteiger partial charge in [0.25, 0.3) is 5.91 Å². The predicted octanol–water partition coefficient (Wildman–Crippen LogP) is 8.02. The number of hydrogen-bond donors (Lipinski definition) is 1. The van der Waals surface area contributed by atoms with Crippen molar-refractivity contribution >= 4 is 27.5 Å². The van der Waals surface area contributed by atoms with Crippen LogP contribution in [0.3, 0.4) is 0 Å². The van der Waals surface area contributed by atoms with Crippen molar-refractivity contribution in [2.24, 2.45) is 0 Å². The summed E-state index contributed by atoms with van der Waals surface area (Å²) in [5.74, 6) is -0.935. The van der Waals surface area contributed by atoms with Crippen LogP contribution in [0.25, 0.3) is 22.6 Å². The summed E-state index contributed by atoms with van der Waals surface area (Å²) in [4.78, 5) is 14.9. The van der Waals surface area contributed by atoms with E-state index in [1.54, 1.807) is 48.4 Å². The zero-order chi connectivity index (χ0) is 27.5. The van der Waals surface area contributed by atoms with Gasteiger partial charge in [-0.15, -0.1) is 0 Å². The number of carbonyl (C=O) groups is 1. The Morgan fingerprint density at radius 2 is 1.68 bits per heavy atom. The summed E-state index contributed by atoms with van der Waals surface area (Å²) in [6, 6.07) is 10.7. The average molecular weight is 548 g/mol. The van der Waals surface area contributed by atoms with Crippen molar-refractivity contribution in [1.82, 2.24) is 19.2 Å². The SMILES string of the molecule is Cc1cc(C(=O)Nc2cc(-n3ccn4nc(-c5cccnc5)cc34)c(C)cc2C)cc(S(F)(F)(F)(F)F)c1. The third-order valence-corrected chi connectivity index (χ3v) is 7.21. The van der Waals surface area contributed by atoms with Gasteiger partial charge in [0.05, 0.1) is 11.4 Å². The van der Waals surface area contributed by atoms with Crippen LogP contribution in [0.1, 0.15) is 27.0 Å². The minimum Gasteiger partial charge on any atom is -0.322 e. The van der Waals surface area contributed by atoms with E-state index >= 15 is 0 Å². The quantitative estimate of drug-likeness (QED) is 0.227. The van der Waals surface area contributed by atoms with Gasteiger partial charge in [0, 0.05) is 47.7 Å². The fourth-order valence-electron chi connectivity index (χ4n) is 4.27. The number of nitrogens with zero attached hydrogens (tertiary/aromatic N) is 4. The lowest BCUT2D eigenvalue weighted by Gasteiger charge is -2.40. The number of fused-ring (bicyclic) bond motifs is 1. The second-order valence-corrected chi connectivity index (χ2v) is 11.6. The lowest BCUT2D eigenvalue weighted by atomic mass is 10.1. The van der Waals surface area contributed by atoms with E-state index in [1.165, 1.54) is 6.92 Å². The van der Waals surface area contributed by atoms with Crippen molar-refractivity contribution in [1.29, 1.82) is 0 Å². The number of pyridine rings is 1. The molecule has 0 aliphatic carbocycles. The van der Waals surface area contributed by atoms with Crippen LogP contribution in [0.5, 0.6) is 0 Å². The first kappa shape index (κ1) is 25.5. The van der Waals surface area contributed by atoms with Gasteiger partial charge in [0.15, 0.2) is 0 Å². The smallest absolute Gasteiger partial charge is 0.310 e. The fourth-order valence-corrected chi connectivity index (χ4v) is 5.03. The molecule has 1 N–H and O–H groups in total. The number of amides is 1. The molecule has 5 rings (SSSR count). The number of aromatic nitrogens is 4. The van der Waals surface area contributed by atoms with Gasteiger partial charge < -0.3 is 5.32 Å². The summed E-state index contributed by atoms with van der Waals surface area (Å²) in [5, 5.41) is 7.15. The Morgan fingerprint density at radius 1 is 0.921 bits per heavy atom. The van der Waals surface area contributed by atoms with Crippen LogP contribution < -0.4 is 5.32 Å². The summed E-state index contributed by atoms with van der Waals surface area (Å²) in [7, 11) is -9.96. The van der Waals surface area contributed by atoms with Gasteiger partial charge in [-0.25, -0.2) is 4.52 Å². The molecule has 0 saturated carbocycles. The number of benzene rings is 2. The molecule has 0 radical (unpaired) electrons. The normalized spacial score (nSPS) is 13.8. The maximum absolute atomic E-state index is 13.4. The zero-order valence-electron chi connectivity index (χ0n) is 20.4. The molecule has 6 nitrogen and oxygen atoms in total. The highest BCUT2D eigenvalue weighted by Crippen LogP contribution is 3.02.